The number of anilines is 1. The maximum absolute atomic E-state index is 13.9. The van der Waals surface area contributed by atoms with Gasteiger partial charge >= 0.3 is 0 Å². The fourth-order valence-corrected chi connectivity index (χ4v) is 2.55. The number of hydrogen-bond donors (Lipinski definition) is 1. The fraction of sp³-hybridized carbons (Fsp3) is 0.400. The van der Waals surface area contributed by atoms with Gasteiger partial charge in [0.25, 0.3) is 0 Å². The fourth-order valence-electron chi connectivity index (χ4n) is 2.13. The molecule has 0 atom stereocenters. The number of rotatable bonds is 5. The molecule has 0 fully saturated rings. The van der Waals surface area contributed by atoms with Crippen LogP contribution in [0.4, 0.5) is 14.6 Å². The van der Waals surface area contributed by atoms with Crippen LogP contribution in [0.2, 0.25) is 0 Å². The number of benzene rings is 1. The minimum atomic E-state index is -0.636. The summed E-state index contributed by atoms with van der Waals surface area (Å²) in [6, 6.07) is 2.68. The van der Waals surface area contributed by atoms with E-state index in [0.29, 0.717) is 11.2 Å². The molecular weight excluding hydrogens is 326 g/mol. The molecule has 1 N–H and O–H groups in total. The van der Waals surface area contributed by atoms with Crippen molar-refractivity contribution in [3.63, 3.8) is 0 Å². The normalized spacial score (nSPS) is 11.1. The van der Waals surface area contributed by atoms with Crippen LogP contribution in [-0.2, 0) is 6.42 Å². The minimum absolute atomic E-state index is 0.191. The molecule has 2 aromatic rings. The predicted octanol–water partition coefficient (Wildman–Crippen LogP) is 5.05. The van der Waals surface area contributed by atoms with Gasteiger partial charge in [-0.25, -0.2) is 13.8 Å². The Balaban J connectivity index is 2.64. The smallest absolute Gasteiger partial charge is 0.152 e. The number of pyridine rings is 1. The van der Waals surface area contributed by atoms with Crippen LogP contribution in [0, 0.1) is 11.6 Å². The molecule has 0 bridgehead atoms. The molecule has 2 nitrogen and oxygen atoms in total. The van der Waals surface area contributed by atoms with E-state index in [-0.39, 0.29) is 9.99 Å². The van der Waals surface area contributed by atoms with Crippen molar-refractivity contribution in [1.29, 1.82) is 0 Å². The summed E-state index contributed by atoms with van der Waals surface area (Å²) in [5.41, 5.74) is 1.18. The van der Waals surface area contributed by atoms with Crippen LogP contribution in [0.5, 0.6) is 0 Å². The molecule has 0 unspecified atom stereocenters. The lowest BCUT2D eigenvalue weighted by atomic mass is 10.1. The van der Waals surface area contributed by atoms with Crippen molar-refractivity contribution in [1.82, 2.24) is 4.98 Å². The highest BCUT2D eigenvalue weighted by Crippen LogP contribution is 2.31. The van der Waals surface area contributed by atoms with Crippen molar-refractivity contribution >= 4 is 32.7 Å². The predicted molar refractivity (Wildman–Crippen MR) is 82.1 cm³/mol. The van der Waals surface area contributed by atoms with E-state index in [0.717, 1.165) is 37.4 Å². The van der Waals surface area contributed by atoms with Gasteiger partial charge in [-0.3, -0.25) is 0 Å². The summed E-state index contributed by atoms with van der Waals surface area (Å²) < 4.78 is 27.8. The van der Waals surface area contributed by atoms with Gasteiger partial charge in [-0.2, -0.15) is 0 Å². The molecule has 5 heteroatoms. The van der Waals surface area contributed by atoms with Gasteiger partial charge in [0, 0.05) is 18.0 Å². The van der Waals surface area contributed by atoms with Gasteiger partial charge in [-0.1, -0.05) is 20.3 Å². The first kappa shape index (κ1) is 15.2. The van der Waals surface area contributed by atoms with E-state index in [9.17, 15) is 8.78 Å². The molecule has 1 heterocycles. The average Bonchev–Trinajstić information content (AvgIpc) is 2.43. The van der Waals surface area contributed by atoms with Crippen LogP contribution in [0.25, 0.3) is 10.9 Å². The maximum atomic E-state index is 13.9. The van der Waals surface area contributed by atoms with E-state index in [2.05, 4.69) is 40.1 Å². The van der Waals surface area contributed by atoms with E-state index in [4.69, 9.17) is 0 Å². The Kier molecular flexibility index (Phi) is 4.91. The zero-order chi connectivity index (χ0) is 14.7. The Morgan fingerprint density at radius 2 is 1.90 bits per heavy atom. The molecule has 0 saturated heterocycles. The summed E-state index contributed by atoms with van der Waals surface area (Å²) in [7, 11) is 0. The van der Waals surface area contributed by atoms with Crippen molar-refractivity contribution in [2.24, 2.45) is 0 Å². The van der Waals surface area contributed by atoms with Crippen molar-refractivity contribution in [3.8, 4) is 0 Å². The van der Waals surface area contributed by atoms with Crippen LogP contribution in [0.1, 0.15) is 32.3 Å². The van der Waals surface area contributed by atoms with Crippen LogP contribution in [0.3, 0.4) is 0 Å². The quantitative estimate of drug-likeness (QED) is 0.769. The zero-order valence-corrected chi connectivity index (χ0v) is 13.2. The van der Waals surface area contributed by atoms with Crippen molar-refractivity contribution in [3.05, 3.63) is 33.8 Å². The SMILES string of the molecule is CCCNc1nc2c(F)cc(F)c(Br)c2cc1CCC. The second-order valence-electron chi connectivity index (χ2n) is 4.72. The molecule has 1 aromatic carbocycles. The lowest BCUT2D eigenvalue weighted by Crippen LogP contribution is -2.06. The first-order valence-corrected chi connectivity index (χ1v) is 7.58. The van der Waals surface area contributed by atoms with Gasteiger partial charge in [-0.15, -0.1) is 0 Å². The average molecular weight is 343 g/mol. The Morgan fingerprint density at radius 1 is 1.15 bits per heavy atom. The number of aromatic nitrogens is 1. The number of fused-ring (bicyclic) bond motifs is 1. The molecule has 0 spiro atoms. The molecule has 1 aromatic heterocycles. The van der Waals surface area contributed by atoms with Gasteiger partial charge in [0.15, 0.2) is 5.82 Å². The molecule has 0 saturated carbocycles. The third-order valence-corrected chi connectivity index (χ3v) is 3.90. The second kappa shape index (κ2) is 6.48. The summed E-state index contributed by atoms with van der Waals surface area (Å²) in [6.07, 6.45) is 2.73. The molecule has 20 heavy (non-hydrogen) atoms. The number of hydrogen-bond acceptors (Lipinski definition) is 2. The molecule has 0 aliphatic rings. The van der Waals surface area contributed by atoms with Gasteiger partial charge in [0.1, 0.15) is 17.2 Å². The third kappa shape index (κ3) is 2.92. The van der Waals surface area contributed by atoms with E-state index < -0.39 is 11.6 Å². The summed E-state index contributed by atoms with van der Waals surface area (Å²) >= 11 is 3.18. The highest BCUT2D eigenvalue weighted by Gasteiger charge is 2.15. The van der Waals surface area contributed by atoms with Crippen LogP contribution in [-0.4, -0.2) is 11.5 Å². The molecule has 2 rings (SSSR count). The van der Waals surface area contributed by atoms with Crippen molar-refractivity contribution in [2.75, 3.05) is 11.9 Å². The summed E-state index contributed by atoms with van der Waals surface area (Å²) in [6.45, 7) is 4.90. The number of halogens is 3. The van der Waals surface area contributed by atoms with Crippen LogP contribution < -0.4 is 5.32 Å². The molecule has 0 aliphatic carbocycles. The molecule has 0 radical (unpaired) electrons. The monoisotopic (exact) mass is 342 g/mol. The Bertz CT molecular complexity index is 629. The standard InChI is InChI=1S/C15H17BrF2N2/c1-3-5-9-7-10-13(16)11(17)8-12(18)14(10)20-15(9)19-6-4-2/h7-8H,3-6H2,1-2H3,(H,19,20). The Hall–Kier alpha value is -1.23. The zero-order valence-electron chi connectivity index (χ0n) is 11.6. The lowest BCUT2D eigenvalue weighted by molar-refractivity contribution is 0.586. The van der Waals surface area contributed by atoms with Gasteiger partial charge < -0.3 is 5.32 Å². The Morgan fingerprint density at radius 3 is 2.55 bits per heavy atom. The maximum Gasteiger partial charge on any atom is 0.152 e. The van der Waals surface area contributed by atoms with Crippen LogP contribution >= 0.6 is 15.9 Å². The summed E-state index contributed by atoms with van der Waals surface area (Å²) in [4.78, 5) is 4.35. The summed E-state index contributed by atoms with van der Waals surface area (Å²) in [5, 5.41) is 3.69. The van der Waals surface area contributed by atoms with E-state index in [1.807, 2.05) is 6.07 Å². The number of nitrogens with zero attached hydrogens (tertiary/aromatic N) is 1. The first-order valence-electron chi connectivity index (χ1n) is 6.79. The second-order valence-corrected chi connectivity index (χ2v) is 5.52. The summed E-state index contributed by atoms with van der Waals surface area (Å²) in [5.74, 6) is -0.546. The Labute approximate surface area is 125 Å². The largest absolute Gasteiger partial charge is 0.370 e. The number of aryl methyl sites for hydroxylation is 1. The van der Waals surface area contributed by atoms with Crippen molar-refractivity contribution in [2.45, 2.75) is 33.1 Å². The molecule has 108 valence electrons. The van der Waals surface area contributed by atoms with E-state index in [1.165, 1.54) is 0 Å². The molecule has 0 amide bonds. The minimum Gasteiger partial charge on any atom is -0.370 e. The van der Waals surface area contributed by atoms with Gasteiger partial charge in [0.2, 0.25) is 0 Å². The topological polar surface area (TPSA) is 24.9 Å². The molecular formula is C15H17BrF2N2. The van der Waals surface area contributed by atoms with E-state index >= 15 is 0 Å². The highest BCUT2D eigenvalue weighted by atomic mass is 79.9. The van der Waals surface area contributed by atoms with Gasteiger partial charge in [0.05, 0.1) is 4.47 Å². The molecule has 0 aliphatic heterocycles. The van der Waals surface area contributed by atoms with E-state index in [1.54, 1.807) is 0 Å². The third-order valence-electron chi connectivity index (χ3n) is 3.09. The highest BCUT2D eigenvalue weighted by molar-refractivity contribution is 9.10. The number of nitrogens with one attached hydrogen (secondary N) is 1. The lowest BCUT2D eigenvalue weighted by Gasteiger charge is -2.13. The van der Waals surface area contributed by atoms with Crippen molar-refractivity contribution < 1.29 is 8.78 Å². The van der Waals surface area contributed by atoms with Crippen LogP contribution in [0.15, 0.2) is 16.6 Å². The van der Waals surface area contributed by atoms with Gasteiger partial charge in [-0.05, 0) is 40.4 Å². The first-order chi connectivity index (χ1) is 9.58.